The van der Waals surface area contributed by atoms with E-state index in [9.17, 15) is 9.59 Å². The number of rotatable bonds is 12. The summed E-state index contributed by atoms with van der Waals surface area (Å²) in [5, 5.41) is 14.2. The van der Waals surface area contributed by atoms with E-state index in [2.05, 4.69) is 16.9 Å². The Balaban J connectivity index is 3.66. The first-order valence-corrected chi connectivity index (χ1v) is 9.65. The molecular formula is C13H26N2O3S2. The van der Waals surface area contributed by atoms with Gasteiger partial charge in [0.05, 0.1) is 0 Å². The van der Waals surface area contributed by atoms with Crippen LogP contribution < -0.4 is 10.6 Å². The number of nitrogens with one attached hydrogen (secondary N) is 2. The van der Waals surface area contributed by atoms with Crippen molar-refractivity contribution in [1.82, 2.24) is 10.6 Å². The van der Waals surface area contributed by atoms with Crippen molar-refractivity contribution in [2.45, 2.75) is 38.1 Å². The molecule has 0 saturated heterocycles. The molecule has 0 fully saturated rings. The average molecular weight is 322 g/mol. The molecular weight excluding hydrogens is 296 g/mol. The molecule has 0 aromatic carbocycles. The largest absolute Gasteiger partial charge is 0.480 e. The quantitative estimate of drug-likeness (QED) is 0.481. The Morgan fingerprint density at radius 2 is 1.70 bits per heavy atom. The molecule has 0 aromatic heterocycles. The van der Waals surface area contributed by atoms with E-state index in [1.807, 2.05) is 18.0 Å². The number of carboxylic acid groups (broad SMARTS) is 1. The van der Waals surface area contributed by atoms with E-state index in [0.717, 1.165) is 12.8 Å². The van der Waals surface area contributed by atoms with Crippen LogP contribution in [-0.4, -0.2) is 53.7 Å². The number of carbonyl (C=O) groups is 2. The minimum absolute atomic E-state index is 0.386. The SMILES string of the molecule is CSCCCCCCNC(=O)NC(CCSC)C(=O)O. The van der Waals surface area contributed by atoms with Crippen molar-refractivity contribution in [3.63, 3.8) is 0 Å². The van der Waals surface area contributed by atoms with Gasteiger partial charge < -0.3 is 15.7 Å². The van der Waals surface area contributed by atoms with Gasteiger partial charge >= 0.3 is 12.0 Å². The Morgan fingerprint density at radius 3 is 2.30 bits per heavy atom. The van der Waals surface area contributed by atoms with E-state index in [-0.39, 0.29) is 6.03 Å². The Morgan fingerprint density at radius 1 is 1.05 bits per heavy atom. The van der Waals surface area contributed by atoms with Gasteiger partial charge in [-0.25, -0.2) is 9.59 Å². The summed E-state index contributed by atoms with van der Waals surface area (Å²) in [4.78, 5) is 22.5. The van der Waals surface area contributed by atoms with Crippen molar-refractivity contribution in [3.05, 3.63) is 0 Å². The van der Waals surface area contributed by atoms with E-state index in [1.165, 1.54) is 18.6 Å². The van der Waals surface area contributed by atoms with E-state index in [0.29, 0.717) is 18.7 Å². The van der Waals surface area contributed by atoms with Crippen LogP contribution in [0.1, 0.15) is 32.1 Å². The molecule has 20 heavy (non-hydrogen) atoms. The molecule has 0 radical (unpaired) electrons. The zero-order valence-electron chi connectivity index (χ0n) is 12.3. The Labute approximate surface area is 130 Å². The average Bonchev–Trinajstić information content (AvgIpc) is 2.42. The maximum absolute atomic E-state index is 11.6. The summed E-state index contributed by atoms with van der Waals surface area (Å²) in [5.74, 6) is 0.919. The number of thioether (sulfide) groups is 2. The fourth-order valence-corrected chi connectivity index (χ4v) is 2.59. The van der Waals surface area contributed by atoms with Crippen LogP contribution in [0.5, 0.6) is 0 Å². The summed E-state index contributed by atoms with van der Waals surface area (Å²) in [7, 11) is 0. The van der Waals surface area contributed by atoms with Gasteiger partial charge in [-0.1, -0.05) is 12.8 Å². The minimum Gasteiger partial charge on any atom is -0.480 e. The van der Waals surface area contributed by atoms with E-state index < -0.39 is 12.0 Å². The zero-order valence-corrected chi connectivity index (χ0v) is 13.9. The number of aliphatic carboxylic acids is 1. The normalized spacial score (nSPS) is 11.9. The highest BCUT2D eigenvalue weighted by Crippen LogP contribution is 2.04. The molecule has 0 saturated carbocycles. The lowest BCUT2D eigenvalue weighted by atomic mass is 10.2. The minimum atomic E-state index is -0.980. The third-order valence-corrected chi connectivity index (χ3v) is 4.12. The lowest BCUT2D eigenvalue weighted by molar-refractivity contribution is -0.139. The molecule has 0 rings (SSSR count). The first-order valence-electron chi connectivity index (χ1n) is 6.86. The first-order chi connectivity index (χ1) is 9.61. The summed E-state index contributed by atoms with van der Waals surface area (Å²) in [6, 6.07) is -1.19. The van der Waals surface area contributed by atoms with Gasteiger partial charge in [-0.2, -0.15) is 23.5 Å². The van der Waals surface area contributed by atoms with Gasteiger partial charge in [0.25, 0.3) is 0 Å². The van der Waals surface area contributed by atoms with Crippen LogP contribution in [0.4, 0.5) is 4.79 Å². The Bertz CT molecular complexity index is 278. The molecule has 7 heteroatoms. The second-order valence-corrected chi connectivity index (χ2v) is 6.45. The molecule has 3 N–H and O–H groups in total. The van der Waals surface area contributed by atoms with Crippen LogP contribution in [-0.2, 0) is 4.79 Å². The van der Waals surface area contributed by atoms with Gasteiger partial charge in [0.1, 0.15) is 6.04 Å². The maximum atomic E-state index is 11.6. The summed E-state index contributed by atoms with van der Waals surface area (Å²) in [6.07, 6.45) is 8.87. The monoisotopic (exact) mass is 322 g/mol. The molecule has 0 bridgehead atoms. The fourth-order valence-electron chi connectivity index (χ4n) is 1.63. The molecule has 1 atom stereocenters. The molecule has 0 spiro atoms. The second-order valence-electron chi connectivity index (χ2n) is 4.48. The lowest BCUT2D eigenvalue weighted by Crippen LogP contribution is -2.46. The van der Waals surface area contributed by atoms with Gasteiger partial charge in [-0.05, 0) is 43.3 Å². The molecule has 0 aromatic rings. The topological polar surface area (TPSA) is 78.4 Å². The van der Waals surface area contributed by atoms with Gasteiger partial charge in [0.15, 0.2) is 0 Å². The highest BCUT2D eigenvalue weighted by atomic mass is 32.2. The molecule has 1 unspecified atom stereocenters. The number of carboxylic acids is 1. The molecule has 2 amide bonds. The van der Waals surface area contributed by atoms with Crippen molar-refractivity contribution in [1.29, 1.82) is 0 Å². The molecule has 0 aliphatic rings. The standard InChI is InChI=1S/C13H26N2O3S2/c1-19-9-6-4-3-5-8-14-13(18)15-11(12(16)17)7-10-20-2/h11H,3-10H2,1-2H3,(H,16,17)(H2,14,15,18). The predicted octanol–water partition coefficient (Wildman–Crippen LogP) is 2.42. The summed E-state index contributed by atoms with van der Waals surface area (Å²) < 4.78 is 0. The van der Waals surface area contributed by atoms with Crippen molar-refractivity contribution in [2.24, 2.45) is 0 Å². The molecule has 5 nitrogen and oxygen atoms in total. The maximum Gasteiger partial charge on any atom is 0.326 e. The van der Waals surface area contributed by atoms with Crippen LogP contribution in [0.2, 0.25) is 0 Å². The summed E-state index contributed by atoms with van der Waals surface area (Å²) in [5.41, 5.74) is 0. The van der Waals surface area contributed by atoms with Gasteiger partial charge in [0, 0.05) is 6.54 Å². The van der Waals surface area contributed by atoms with Crippen LogP contribution in [0, 0.1) is 0 Å². The fraction of sp³-hybridized carbons (Fsp3) is 0.846. The summed E-state index contributed by atoms with van der Waals surface area (Å²) >= 11 is 3.42. The highest BCUT2D eigenvalue weighted by Gasteiger charge is 2.18. The second kappa shape index (κ2) is 13.4. The van der Waals surface area contributed by atoms with Crippen LogP contribution in [0.25, 0.3) is 0 Å². The number of hydrogen-bond acceptors (Lipinski definition) is 4. The van der Waals surface area contributed by atoms with Crippen LogP contribution in [0.15, 0.2) is 0 Å². The zero-order chi connectivity index (χ0) is 15.2. The lowest BCUT2D eigenvalue weighted by Gasteiger charge is -2.14. The third kappa shape index (κ3) is 11.3. The smallest absolute Gasteiger partial charge is 0.326 e. The Hall–Kier alpha value is -0.560. The first kappa shape index (κ1) is 19.4. The molecule has 0 heterocycles. The number of amides is 2. The number of unbranched alkanes of at least 4 members (excludes halogenated alkanes) is 3. The predicted molar refractivity (Wildman–Crippen MR) is 87.8 cm³/mol. The summed E-state index contributed by atoms with van der Waals surface area (Å²) in [6.45, 7) is 0.597. The highest BCUT2D eigenvalue weighted by molar-refractivity contribution is 7.98. The molecule has 118 valence electrons. The van der Waals surface area contributed by atoms with Crippen LogP contribution in [0.3, 0.4) is 0 Å². The molecule has 0 aliphatic carbocycles. The van der Waals surface area contributed by atoms with Gasteiger partial charge in [-0.15, -0.1) is 0 Å². The number of hydrogen-bond donors (Lipinski definition) is 3. The van der Waals surface area contributed by atoms with E-state index in [1.54, 1.807) is 11.8 Å². The van der Waals surface area contributed by atoms with Gasteiger partial charge in [0.2, 0.25) is 0 Å². The van der Waals surface area contributed by atoms with E-state index in [4.69, 9.17) is 5.11 Å². The molecule has 0 aliphatic heterocycles. The number of carbonyl (C=O) groups excluding carboxylic acids is 1. The third-order valence-electron chi connectivity index (χ3n) is 2.77. The van der Waals surface area contributed by atoms with Crippen molar-refractivity contribution in [3.8, 4) is 0 Å². The van der Waals surface area contributed by atoms with Crippen LogP contribution >= 0.6 is 23.5 Å². The Kier molecular flexibility index (Phi) is 13.0. The van der Waals surface area contributed by atoms with Crippen molar-refractivity contribution < 1.29 is 14.7 Å². The van der Waals surface area contributed by atoms with Crippen molar-refractivity contribution in [2.75, 3.05) is 30.6 Å². The number of urea groups is 1. The van der Waals surface area contributed by atoms with Gasteiger partial charge in [-0.3, -0.25) is 0 Å². The van der Waals surface area contributed by atoms with E-state index >= 15 is 0 Å². The van der Waals surface area contributed by atoms with Crippen molar-refractivity contribution >= 4 is 35.5 Å².